The van der Waals surface area contributed by atoms with Gasteiger partial charge >= 0.3 is 11.9 Å². The van der Waals surface area contributed by atoms with Crippen LogP contribution in [0.25, 0.3) is 0 Å². The van der Waals surface area contributed by atoms with E-state index >= 15 is 0 Å². The van der Waals surface area contributed by atoms with Gasteiger partial charge in [0.15, 0.2) is 0 Å². The number of ether oxygens (including phenoxy) is 2. The van der Waals surface area contributed by atoms with Crippen LogP contribution in [0.4, 0.5) is 0 Å². The SMILES string of the molecule is COC(=O)[C@@H]([C@H](C(=O)OC)[Si](C)(C)c1ccccc1)[Si](C)(C)c1ccccc1. The summed E-state index contributed by atoms with van der Waals surface area (Å²) in [4.78, 5) is 26.2. The van der Waals surface area contributed by atoms with Crippen LogP contribution in [-0.2, 0) is 19.1 Å². The molecule has 4 nitrogen and oxygen atoms in total. The van der Waals surface area contributed by atoms with Gasteiger partial charge in [0, 0.05) is 0 Å². The second-order valence-corrected chi connectivity index (χ2v) is 17.5. The van der Waals surface area contributed by atoms with E-state index in [1.165, 1.54) is 14.2 Å². The van der Waals surface area contributed by atoms with Crippen molar-refractivity contribution in [2.75, 3.05) is 14.2 Å². The lowest BCUT2D eigenvalue weighted by Crippen LogP contribution is -2.59. The van der Waals surface area contributed by atoms with E-state index < -0.39 is 27.2 Å². The van der Waals surface area contributed by atoms with Crippen LogP contribution in [0, 0.1) is 0 Å². The number of rotatable bonds is 7. The minimum Gasteiger partial charge on any atom is -0.469 e. The number of carbonyl (C=O) groups is 2. The normalized spacial score (nSPS) is 14.1. The Morgan fingerprint density at radius 1 is 0.643 bits per heavy atom. The highest BCUT2D eigenvalue weighted by atomic mass is 28.3. The molecule has 0 bridgehead atoms. The first kappa shape index (κ1) is 22.1. The maximum Gasteiger partial charge on any atom is 0.306 e. The van der Waals surface area contributed by atoms with Crippen molar-refractivity contribution in [1.29, 1.82) is 0 Å². The summed E-state index contributed by atoms with van der Waals surface area (Å²) in [6.07, 6.45) is 0. The van der Waals surface area contributed by atoms with Crippen LogP contribution in [0.15, 0.2) is 60.7 Å². The monoisotopic (exact) mass is 414 g/mol. The molecule has 2 aromatic rings. The maximum atomic E-state index is 13.1. The number of hydrogen-bond donors (Lipinski definition) is 0. The molecule has 0 aliphatic heterocycles. The standard InChI is InChI=1S/C22H30O4Si2/c1-25-21(23)19(27(3,4)17-13-9-7-10-14-17)20(22(24)26-2)28(5,6)18-15-11-8-12-16-18/h7-16,19-20H,1-6H3/t19-,20-/m1/s1. The van der Waals surface area contributed by atoms with Crippen molar-refractivity contribution in [2.24, 2.45) is 0 Å². The molecule has 0 saturated heterocycles. The summed E-state index contributed by atoms with van der Waals surface area (Å²) in [6.45, 7) is 8.54. The van der Waals surface area contributed by atoms with Gasteiger partial charge in [-0.3, -0.25) is 9.59 Å². The average Bonchev–Trinajstić information content (AvgIpc) is 2.71. The van der Waals surface area contributed by atoms with Gasteiger partial charge in [0.25, 0.3) is 0 Å². The molecule has 0 aromatic heterocycles. The summed E-state index contributed by atoms with van der Waals surface area (Å²) in [6, 6.07) is 20.0. The molecule has 2 aromatic carbocycles. The van der Waals surface area contributed by atoms with Crippen LogP contribution < -0.4 is 10.4 Å². The van der Waals surface area contributed by atoms with Gasteiger partial charge in [-0.2, -0.15) is 0 Å². The zero-order valence-electron chi connectivity index (χ0n) is 17.6. The molecule has 0 N–H and O–H groups in total. The average molecular weight is 415 g/mol. The highest BCUT2D eigenvalue weighted by Crippen LogP contribution is 2.42. The highest BCUT2D eigenvalue weighted by molar-refractivity contribution is 6.99. The molecule has 0 aliphatic carbocycles. The van der Waals surface area contributed by atoms with E-state index in [4.69, 9.17) is 9.47 Å². The fourth-order valence-corrected chi connectivity index (χ4v) is 12.7. The lowest BCUT2D eigenvalue weighted by atomic mass is 10.3. The molecule has 2 atom stereocenters. The quantitative estimate of drug-likeness (QED) is 0.515. The largest absolute Gasteiger partial charge is 0.469 e. The van der Waals surface area contributed by atoms with E-state index in [1.54, 1.807) is 0 Å². The minimum absolute atomic E-state index is 0.326. The number of benzene rings is 2. The third-order valence-corrected chi connectivity index (χ3v) is 14.1. The molecule has 2 rings (SSSR count). The molecule has 0 heterocycles. The van der Waals surface area contributed by atoms with Crippen LogP contribution in [0.2, 0.25) is 37.3 Å². The van der Waals surface area contributed by atoms with Gasteiger partial charge in [-0.1, -0.05) is 97.2 Å². The van der Waals surface area contributed by atoms with Gasteiger partial charge in [-0.15, -0.1) is 0 Å². The number of hydrogen-bond acceptors (Lipinski definition) is 4. The maximum absolute atomic E-state index is 13.1. The lowest BCUT2D eigenvalue weighted by Gasteiger charge is -2.41. The van der Waals surface area contributed by atoms with E-state index in [9.17, 15) is 9.59 Å². The predicted molar refractivity (Wildman–Crippen MR) is 119 cm³/mol. The Morgan fingerprint density at radius 3 is 1.18 bits per heavy atom. The second-order valence-electron chi connectivity index (χ2n) is 8.18. The molecule has 0 saturated carbocycles. The summed E-state index contributed by atoms with van der Waals surface area (Å²) < 4.78 is 10.5. The zero-order chi connectivity index (χ0) is 20.9. The number of methoxy groups -OCH3 is 2. The summed E-state index contributed by atoms with van der Waals surface area (Å²) in [7, 11) is -2.04. The molecule has 0 unspecified atom stereocenters. The molecule has 0 aliphatic rings. The van der Waals surface area contributed by atoms with Gasteiger partial charge in [-0.05, 0) is 0 Å². The van der Waals surface area contributed by atoms with Gasteiger partial charge in [0.2, 0.25) is 0 Å². The van der Waals surface area contributed by atoms with Crippen LogP contribution >= 0.6 is 0 Å². The van der Waals surface area contributed by atoms with Gasteiger partial charge in [-0.25, -0.2) is 0 Å². The van der Waals surface area contributed by atoms with Crippen molar-refractivity contribution in [3.63, 3.8) is 0 Å². The van der Waals surface area contributed by atoms with Crippen LogP contribution in [-0.4, -0.2) is 42.3 Å². The van der Waals surface area contributed by atoms with Crippen LogP contribution in [0.1, 0.15) is 0 Å². The second kappa shape index (κ2) is 8.88. The Kier molecular flexibility index (Phi) is 7.01. The van der Waals surface area contributed by atoms with Crippen molar-refractivity contribution in [1.82, 2.24) is 0 Å². The van der Waals surface area contributed by atoms with E-state index in [0.29, 0.717) is 0 Å². The third kappa shape index (κ3) is 4.28. The Hall–Kier alpha value is -2.19. The molecule has 0 radical (unpaired) electrons. The van der Waals surface area contributed by atoms with Crippen molar-refractivity contribution in [2.45, 2.75) is 37.3 Å². The van der Waals surface area contributed by atoms with E-state index in [1.807, 2.05) is 60.7 Å². The fraction of sp³-hybridized carbons (Fsp3) is 0.364. The first-order valence-electron chi connectivity index (χ1n) is 9.44. The molecule has 0 fully saturated rings. The summed E-state index contributed by atoms with van der Waals surface area (Å²) in [5.74, 6) is -0.653. The Labute approximate surface area is 169 Å². The number of esters is 2. The summed E-state index contributed by atoms with van der Waals surface area (Å²) >= 11 is 0. The van der Waals surface area contributed by atoms with Crippen molar-refractivity contribution >= 4 is 38.5 Å². The first-order valence-corrected chi connectivity index (χ1v) is 15.6. The minimum atomic E-state index is -2.42. The molecule has 28 heavy (non-hydrogen) atoms. The Morgan fingerprint density at radius 2 is 0.929 bits per heavy atom. The first-order chi connectivity index (χ1) is 13.2. The van der Waals surface area contributed by atoms with Crippen LogP contribution in [0.3, 0.4) is 0 Å². The van der Waals surface area contributed by atoms with Crippen molar-refractivity contribution < 1.29 is 19.1 Å². The van der Waals surface area contributed by atoms with E-state index in [-0.39, 0.29) is 11.9 Å². The Bertz CT molecular complexity index is 734. The molecule has 6 heteroatoms. The van der Waals surface area contributed by atoms with Crippen molar-refractivity contribution in [3.8, 4) is 0 Å². The highest BCUT2D eigenvalue weighted by Gasteiger charge is 2.54. The zero-order valence-corrected chi connectivity index (χ0v) is 19.6. The number of carbonyl (C=O) groups excluding carboxylic acids is 2. The van der Waals surface area contributed by atoms with Gasteiger partial charge in [0.05, 0.1) is 41.4 Å². The molecule has 0 amide bonds. The molecule has 150 valence electrons. The smallest absolute Gasteiger partial charge is 0.306 e. The molecule has 0 spiro atoms. The summed E-state index contributed by atoms with van der Waals surface area (Å²) in [5, 5.41) is 2.24. The molecular weight excluding hydrogens is 384 g/mol. The Balaban J connectivity index is 2.68. The van der Waals surface area contributed by atoms with Gasteiger partial charge < -0.3 is 9.47 Å². The van der Waals surface area contributed by atoms with Crippen molar-refractivity contribution in [3.05, 3.63) is 60.7 Å². The summed E-state index contributed by atoms with van der Waals surface area (Å²) in [5.41, 5.74) is -1.07. The van der Waals surface area contributed by atoms with E-state index in [2.05, 4.69) is 26.2 Å². The topological polar surface area (TPSA) is 52.6 Å². The van der Waals surface area contributed by atoms with E-state index in [0.717, 1.165) is 10.4 Å². The molecular formula is C22H30O4Si2. The van der Waals surface area contributed by atoms with Gasteiger partial charge in [0.1, 0.15) is 0 Å². The third-order valence-electron chi connectivity index (χ3n) is 5.83. The lowest BCUT2D eigenvalue weighted by molar-refractivity contribution is -0.147. The van der Waals surface area contributed by atoms with Crippen LogP contribution in [0.5, 0.6) is 0 Å². The predicted octanol–water partition coefficient (Wildman–Crippen LogP) is 3.30. The fourth-order valence-electron chi connectivity index (χ4n) is 4.04.